The minimum absolute atomic E-state index is 0.130. The van der Waals surface area contributed by atoms with E-state index in [9.17, 15) is 4.79 Å². The Morgan fingerprint density at radius 2 is 1.96 bits per heavy atom. The molecule has 2 aromatic carbocycles. The van der Waals surface area contributed by atoms with Gasteiger partial charge < -0.3 is 9.88 Å². The monoisotopic (exact) mass is 350 g/mol. The largest absolute Gasteiger partial charge is 0.325 e. The maximum atomic E-state index is 12.5. The number of aliphatic imine (C=N–C) groups is 1. The molecular formula is C19H15ClN4O. The number of aromatic nitrogens is 2. The van der Waals surface area contributed by atoms with Gasteiger partial charge in [-0.25, -0.2) is 4.98 Å². The van der Waals surface area contributed by atoms with E-state index in [4.69, 9.17) is 11.6 Å². The van der Waals surface area contributed by atoms with Crippen molar-refractivity contribution in [3.05, 3.63) is 65.5 Å². The highest BCUT2D eigenvalue weighted by atomic mass is 35.5. The summed E-state index contributed by atoms with van der Waals surface area (Å²) in [7, 11) is 0. The lowest BCUT2D eigenvalue weighted by atomic mass is 10.3. The van der Waals surface area contributed by atoms with Gasteiger partial charge in [-0.2, -0.15) is 0 Å². The topological polar surface area (TPSA) is 59.3 Å². The molecule has 5 nitrogen and oxygen atoms in total. The van der Waals surface area contributed by atoms with E-state index in [1.54, 1.807) is 24.3 Å². The van der Waals surface area contributed by atoms with Gasteiger partial charge in [0.05, 0.1) is 11.0 Å². The predicted octanol–water partition coefficient (Wildman–Crippen LogP) is 4.14. The third-order valence-electron chi connectivity index (χ3n) is 3.96. The van der Waals surface area contributed by atoms with Gasteiger partial charge in [0.25, 0.3) is 0 Å². The number of nitrogens with zero attached hydrogens (tertiary/aromatic N) is 3. The lowest BCUT2D eigenvalue weighted by Gasteiger charge is -2.10. The second-order valence-corrected chi connectivity index (χ2v) is 6.14. The number of carbonyl (C=O) groups excluding carboxylic acids is 1. The van der Waals surface area contributed by atoms with Crippen LogP contribution in [0.1, 0.15) is 12.2 Å². The smallest absolute Gasteiger partial charge is 0.244 e. The van der Waals surface area contributed by atoms with Crippen LogP contribution in [0.5, 0.6) is 0 Å². The molecule has 1 aliphatic rings. The zero-order valence-electron chi connectivity index (χ0n) is 13.3. The quantitative estimate of drug-likeness (QED) is 0.768. The molecule has 124 valence electrons. The molecule has 1 amide bonds. The molecule has 2 heterocycles. The van der Waals surface area contributed by atoms with E-state index in [0.717, 1.165) is 23.2 Å². The Morgan fingerprint density at radius 1 is 1.16 bits per heavy atom. The number of amides is 1. The Bertz CT molecular complexity index is 1000. The van der Waals surface area contributed by atoms with Gasteiger partial charge in [0.1, 0.15) is 12.2 Å². The summed E-state index contributed by atoms with van der Waals surface area (Å²) >= 11 is 5.88. The molecule has 1 aromatic heterocycles. The summed E-state index contributed by atoms with van der Waals surface area (Å²) in [5.41, 5.74) is 3.26. The predicted molar refractivity (Wildman–Crippen MR) is 101 cm³/mol. The van der Waals surface area contributed by atoms with Crippen molar-refractivity contribution in [2.24, 2.45) is 4.99 Å². The van der Waals surface area contributed by atoms with Crippen molar-refractivity contribution >= 4 is 46.1 Å². The molecule has 1 aliphatic heterocycles. The van der Waals surface area contributed by atoms with Gasteiger partial charge in [-0.1, -0.05) is 23.7 Å². The second-order valence-electron chi connectivity index (χ2n) is 5.70. The minimum Gasteiger partial charge on any atom is -0.325 e. The number of imidazole rings is 1. The standard InChI is InChI=1S/C19H15ClN4O/c20-13-7-9-14(10-8-13)22-18(25)12-24-17-6-2-1-4-15(17)23-19(24)16-5-3-11-21-16/h1-2,4-11H,3,12H2,(H,22,25). The minimum atomic E-state index is -0.130. The van der Waals surface area contributed by atoms with Crippen LogP contribution in [-0.2, 0) is 11.3 Å². The molecule has 0 spiro atoms. The van der Waals surface area contributed by atoms with Gasteiger partial charge in [-0.05, 0) is 42.5 Å². The van der Waals surface area contributed by atoms with E-state index in [2.05, 4.69) is 15.3 Å². The van der Waals surface area contributed by atoms with Crippen molar-refractivity contribution in [1.29, 1.82) is 0 Å². The highest BCUT2D eigenvalue weighted by molar-refractivity contribution is 6.30. The number of carbonyl (C=O) groups is 1. The number of halogens is 1. The first-order chi connectivity index (χ1) is 12.2. The first-order valence-electron chi connectivity index (χ1n) is 7.94. The zero-order valence-corrected chi connectivity index (χ0v) is 14.1. The molecule has 0 unspecified atom stereocenters. The molecule has 0 fully saturated rings. The Morgan fingerprint density at radius 3 is 2.72 bits per heavy atom. The van der Waals surface area contributed by atoms with Crippen LogP contribution < -0.4 is 5.32 Å². The van der Waals surface area contributed by atoms with E-state index in [0.29, 0.717) is 16.5 Å². The van der Waals surface area contributed by atoms with Crippen molar-refractivity contribution in [3.63, 3.8) is 0 Å². The van der Waals surface area contributed by atoms with Crippen molar-refractivity contribution < 1.29 is 4.79 Å². The molecular weight excluding hydrogens is 336 g/mol. The van der Waals surface area contributed by atoms with Gasteiger partial charge >= 0.3 is 0 Å². The van der Waals surface area contributed by atoms with Crippen molar-refractivity contribution in [3.8, 4) is 0 Å². The van der Waals surface area contributed by atoms with Crippen LogP contribution in [0, 0.1) is 0 Å². The van der Waals surface area contributed by atoms with Crippen LogP contribution in [-0.4, -0.2) is 21.7 Å². The van der Waals surface area contributed by atoms with E-state index in [-0.39, 0.29) is 12.5 Å². The number of para-hydroxylation sites is 2. The Labute approximate surface area is 149 Å². The normalized spacial score (nSPS) is 13.2. The van der Waals surface area contributed by atoms with Gasteiger partial charge in [-0.15, -0.1) is 0 Å². The van der Waals surface area contributed by atoms with E-state index in [1.807, 2.05) is 41.1 Å². The molecule has 1 N–H and O–H groups in total. The third kappa shape index (κ3) is 3.19. The summed E-state index contributed by atoms with van der Waals surface area (Å²) in [5, 5.41) is 3.52. The summed E-state index contributed by atoms with van der Waals surface area (Å²) in [6.07, 6.45) is 4.64. The first-order valence-corrected chi connectivity index (χ1v) is 8.32. The molecule has 0 radical (unpaired) electrons. The van der Waals surface area contributed by atoms with Crippen LogP contribution in [0.2, 0.25) is 5.02 Å². The third-order valence-corrected chi connectivity index (χ3v) is 4.21. The zero-order chi connectivity index (χ0) is 17.2. The highest BCUT2D eigenvalue weighted by Crippen LogP contribution is 2.25. The van der Waals surface area contributed by atoms with E-state index < -0.39 is 0 Å². The van der Waals surface area contributed by atoms with Gasteiger partial charge in [-0.3, -0.25) is 9.79 Å². The number of hydrogen-bond donors (Lipinski definition) is 1. The summed E-state index contributed by atoms with van der Waals surface area (Å²) in [6, 6.07) is 14.8. The van der Waals surface area contributed by atoms with Crippen molar-refractivity contribution in [2.75, 3.05) is 5.32 Å². The average molecular weight is 351 g/mol. The molecule has 0 aliphatic carbocycles. The van der Waals surface area contributed by atoms with E-state index >= 15 is 0 Å². The van der Waals surface area contributed by atoms with Crippen LogP contribution in [0.15, 0.2) is 59.6 Å². The lowest BCUT2D eigenvalue weighted by molar-refractivity contribution is -0.116. The van der Waals surface area contributed by atoms with Crippen LogP contribution in [0.4, 0.5) is 5.69 Å². The summed E-state index contributed by atoms with van der Waals surface area (Å²) in [5.74, 6) is 0.579. The fourth-order valence-corrected chi connectivity index (χ4v) is 2.95. The number of anilines is 1. The number of rotatable bonds is 4. The highest BCUT2D eigenvalue weighted by Gasteiger charge is 2.17. The molecule has 0 saturated heterocycles. The average Bonchev–Trinajstić information content (AvgIpc) is 3.25. The summed E-state index contributed by atoms with van der Waals surface area (Å²) in [6.45, 7) is 0.158. The summed E-state index contributed by atoms with van der Waals surface area (Å²) in [4.78, 5) is 21.5. The van der Waals surface area contributed by atoms with Crippen LogP contribution in [0.3, 0.4) is 0 Å². The SMILES string of the molecule is O=C(Cn1c(C2=CCC=N2)nc2ccccc21)Nc1ccc(Cl)cc1. The molecule has 0 bridgehead atoms. The maximum absolute atomic E-state index is 12.5. The number of benzene rings is 2. The molecule has 4 rings (SSSR count). The number of fused-ring (bicyclic) bond motifs is 1. The molecule has 0 atom stereocenters. The molecule has 6 heteroatoms. The molecule has 25 heavy (non-hydrogen) atoms. The molecule has 0 saturated carbocycles. The fourth-order valence-electron chi connectivity index (χ4n) is 2.83. The van der Waals surface area contributed by atoms with Gasteiger partial charge in [0.2, 0.25) is 5.91 Å². The lowest BCUT2D eigenvalue weighted by Crippen LogP contribution is -2.19. The second kappa shape index (κ2) is 6.53. The number of allylic oxidation sites excluding steroid dienone is 1. The Kier molecular flexibility index (Phi) is 4.07. The first kappa shape index (κ1) is 15.6. The summed E-state index contributed by atoms with van der Waals surface area (Å²) < 4.78 is 1.90. The van der Waals surface area contributed by atoms with Gasteiger partial charge in [0.15, 0.2) is 5.82 Å². The fraction of sp³-hybridized carbons (Fsp3) is 0.105. The van der Waals surface area contributed by atoms with Crippen LogP contribution >= 0.6 is 11.6 Å². The van der Waals surface area contributed by atoms with E-state index in [1.165, 1.54) is 0 Å². The van der Waals surface area contributed by atoms with Gasteiger partial charge in [0, 0.05) is 23.3 Å². The number of nitrogens with one attached hydrogen (secondary N) is 1. The van der Waals surface area contributed by atoms with Crippen LogP contribution in [0.25, 0.3) is 16.7 Å². The Balaban J connectivity index is 1.65. The Hall–Kier alpha value is -2.92. The van der Waals surface area contributed by atoms with Crippen molar-refractivity contribution in [2.45, 2.75) is 13.0 Å². The van der Waals surface area contributed by atoms with Crippen molar-refractivity contribution in [1.82, 2.24) is 9.55 Å². The molecule has 3 aromatic rings. The maximum Gasteiger partial charge on any atom is 0.244 e. The number of hydrogen-bond acceptors (Lipinski definition) is 3.